The molecule has 0 saturated carbocycles. The molecular weight excluding hydrogens is 528 g/mol. The highest BCUT2D eigenvalue weighted by molar-refractivity contribution is 6.30. The summed E-state index contributed by atoms with van der Waals surface area (Å²) >= 11 is 5.98. The molecule has 3 heterocycles. The smallest absolute Gasteiger partial charge is 0.227 e. The molecule has 0 radical (unpaired) electrons. The topological polar surface area (TPSA) is 92.7 Å². The van der Waals surface area contributed by atoms with E-state index in [2.05, 4.69) is 19.9 Å². The average molecular weight is 559 g/mol. The zero-order chi connectivity index (χ0) is 27.5. The summed E-state index contributed by atoms with van der Waals surface area (Å²) in [6.07, 6.45) is -0.600. The molecule has 206 valence electrons. The number of rotatable bonds is 9. The highest BCUT2D eigenvalue weighted by atomic mass is 35.5. The van der Waals surface area contributed by atoms with Crippen molar-refractivity contribution in [3.63, 3.8) is 0 Å². The van der Waals surface area contributed by atoms with E-state index in [1.807, 2.05) is 67.6 Å². The Balaban J connectivity index is 0.972. The molecule has 1 fully saturated rings. The molecule has 40 heavy (non-hydrogen) atoms. The van der Waals surface area contributed by atoms with Crippen LogP contribution in [0.1, 0.15) is 11.4 Å². The van der Waals surface area contributed by atoms with Crippen LogP contribution in [0.2, 0.25) is 5.02 Å². The minimum atomic E-state index is -0.600. The predicted octanol–water partition coefficient (Wildman–Crippen LogP) is 4.59. The zero-order valence-electron chi connectivity index (χ0n) is 22.3. The fourth-order valence-electron chi connectivity index (χ4n) is 4.83. The Morgan fingerprint density at radius 1 is 0.950 bits per heavy atom. The lowest BCUT2D eigenvalue weighted by molar-refractivity contribution is 0.0444. The Morgan fingerprint density at radius 2 is 1.70 bits per heavy atom. The SMILES string of the molecule is Cc1nn(-c2ccccc2)nc1CN1CCN(C[C@@H](O)COc2ccc3oc(-c4ccc(Cl)cc4)nc3c2)CC1. The molecule has 1 aliphatic heterocycles. The van der Waals surface area contributed by atoms with Crippen molar-refractivity contribution >= 4 is 22.7 Å². The third-order valence-corrected chi connectivity index (χ3v) is 7.32. The summed E-state index contributed by atoms with van der Waals surface area (Å²) in [4.78, 5) is 10.9. The van der Waals surface area contributed by atoms with Crippen LogP contribution in [0.4, 0.5) is 0 Å². The maximum absolute atomic E-state index is 10.7. The van der Waals surface area contributed by atoms with E-state index in [1.165, 1.54) is 0 Å². The number of β-amino-alcohol motifs (C(OH)–C–C–N with tert-alkyl or cyclic N) is 1. The molecule has 1 atom stereocenters. The summed E-state index contributed by atoms with van der Waals surface area (Å²) in [5, 5.41) is 20.6. The van der Waals surface area contributed by atoms with E-state index < -0.39 is 6.10 Å². The van der Waals surface area contributed by atoms with Gasteiger partial charge in [-0.3, -0.25) is 9.80 Å². The number of para-hydroxylation sites is 1. The molecule has 2 aromatic heterocycles. The number of halogens is 1. The third-order valence-electron chi connectivity index (χ3n) is 7.06. The van der Waals surface area contributed by atoms with Gasteiger partial charge in [-0.2, -0.15) is 15.0 Å². The van der Waals surface area contributed by atoms with Gasteiger partial charge in [0, 0.05) is 55.9 Å². The molecule has 0 bridgehead atoms. The molecule has 5 aromatic rings. The second-order valence-electron chi connectivity index (χ2n) is 10.1. The van der Waals surface area contributed by atoms with E-state index >= 15 is 0 Å². The van der Waals surface area contributed by atoms with Gasteiger partial charge in [0.25, 0.3) is 0 Å². The number of aliphatic hydroxyl groups is 1. The van der Waals surface area contributed by atoms with Crippen molar-refractivity contribution in [1.29, 1.82) is 0 Å². The molecular formula is C30H31ClN6O3. The van der Waals surface area contributed by atoms with Crippen molar-refractivity contribution in [3.8, 4) is 22.9 Å². The van der Waals surface area contributed by atoms with Crippen LogP contribution < -0.4 is 4.74 Å². The highest BCUT2D eigenvalue weighted by Gasteiger charge is 2.21. The first-order valence-electron chi connectivity index (χ1n) is 13.4. The number of aryl methyl sites for hydroxylation is 1. The van der Waals surface area contributed by atoms with Gasteiger partial charge in [0.05, 0.1) is 11.4 Å². The summed E-state index contributed by atoms with van der Waals surface area (Å²) < 4.78 is 11.8. The number of oxazole rings is 1. The van der Waals surface area contributed by atoms with Crippen molar-refractivity contribution in [2.24, 2.45) is 0 Å². The van der Waals surface area contributed by atoms with Crippen molar-refractivity contribution in [2.45, 2.75) is 19.6 Å². The fourth-order valence-corrected chi connectivity index (χ4v) is 4.96. The van der Waals surface area contributed by atoms with Crippen LogP contribution in [0.15, 0.2) is 77.2 Å². The first kappa shape index (κ1) is 26.5. The standard InChI is InChI=1S/C30H31ClN6O3/c1-21-28(34-37(33-21)24-5-3-2-4-6-24)19-36-15-13-35(14-16-36)18-25(38)20-39-26-11-12-29-27(17-26)32-30(40-29)22-7-9-23(31)10-8-22/h2-12,17,25,38H,13-16,18-20H2,1H3/t25-/m1/s1. The maximum atomic E-state index is 10.7. The molecule has 0 aliphatic carbocycles. The lowest BCUT2D eigenvalue weighted by Gasteiger charge is -2.35. The van der Waals surface area contributed by atoms with Crippen LogP contribution in [-0.2, 0) is 6.54 Å². The number of aromatic nitrogens is 4. The van der Waals surface area contributed by atoms with Gasteiger partial charge in [-0.1, -0.05) is 29.8 Å². The number of hydrogen-bond acceptors (Lipinski definition) is 8. The van der Waals surface area contributed by atoms with Gasteiger partial charge in [-0.15, -0.1) is 0 Å². The molecule has 1 aliphatic rings. The lowest BCUT2D eigenvalue weighted by atomic mass is 10.2. The zero-order valence-corrected chi connectivity index (χ0v) is 23.0. The summed E-state index contributed by atoms with van der Waals surface area (Å²) in [5.41, 5.74) is 5.13. The molecule has 1 saturated heterocycles. The van der Waals surface area contributed by atoms with Gasteiger partial charge >= 0.3 is 0 Å². The second kappa shape index (κ2) is 11.8. The minimum absolute atomic E-state index is 0.204. The van der Waals surface area contributed by atoms with E-state index in [9.17, 15) is 5.11 Å². The number of ether oxygens (including phenoxy) is 1. The van der Waals surface area contributed by atoms with E-state index in [4.69, 9.17) is 25.9 Å². The normalized spacial score (nSPS) is 15.5. The van der Waals surface area contributed by atoms with Crippen LogP contribution in [0.3, 0.4) is 0 Å². The van der Waals surface area contributed by atoms with E-state index in [-0.39, 0.29) is 6.61 Å². The highest BCUT2D eigenvalue weighted by Crippen LogP contribution is 2.28. The van der Waals surface area contributed by atoms with Crippen LogP contribution in [0, 0.1) is 6.92 Å². The number of nitrogens with zero attached hydrogens (tertiary/aromatic N) is 6. The van der Waals surface area contributed by atoms with Crippen molar-refractivity contribution < 1.29 is 14.3 Å². The molecule has 6 rings (SSSR count). The Hall–Kier alpha value is -3.76. The van der Waals surface area contributed by atoms with Gasteiger partial charge in [0.1, 0.15) is 29.7 Å². The van der Waals surface area contributed by atoms with Crippen LogP contribution in [-0.4, -0.2) is 80.3 Å². The molecule has 1 N–H and O–H groups in total. The largest absolute Gasteiger partial charge is 0.491 e. The number of aliphatic hydroxyl groups excluding tert-OH is 1. The maximum Gasteiger partial charge on any atom is 0.227 e. The number of benzene rings is 3. The quantitative estimate of drug-likeness (QED) is 0.281. The molecule has 0 spiro atoms. The van der Waals surface area contributed by atoms with Gasteiger partial charge in [0.2, 0.25) is 5.89 Å². The van der Waals surface area contributed by atoms with Crippen molar-refractivity contribution in [3.05, 3.63) is 89.2 Å². The Labute approximate surface area is 237 Å². The van der Waals surface area contributed by atoms with Gasteiger partial charge in [-0.25, -0.2) is 4.98 Å². The van der Waals surface area contributed by atoms with Crippen LogP contribution in [0.5, 0.6) is 5.75 Å². The Morgan fingerprint density at radius 3 is 2.48 bits per heavy atom. The first-order valence-corrected chi connectivity index (χ1v) is 13.8. The summed E-state index contributed by atoms with van der Waals surface area (Å²) in [5.74, 6) is 1.17. The lowest BCUT2D eigenvalue weighted by Crippen LogP contribution is -2.48. The molecule has 0 unspecified atom stereocenters. The van der Waals surface area contributed by atoms with Crippen LogP contribution >= 0.6 is 11.6 Å². The number of fused-ring (bicyclic) bond motifs is 1. The average Bonchev–Trinajstić information content (AvgIpc) is 3.57. The summed E-state index contributed by atoms with van der Waals surface area (Å²) in [7, 11) is 0. The summed E-state index contributed by atoms with van der Waals surface area (Å²) in [6.45, 7) is 7.10. The Kier molecular flexibility index (Phi) is 7.79. The van der Waals surface area contributed by atoms with Gasteiger partial charge in [0.15, 0.2) is 5.58 Å². The van der Waals surface area contributed by atoms with Crippen molar-refractivity contribution in [2.75, 3.05) is 39.3 Å². The first-order chi connectivity index (χ1) is 19.5. The van der Waals surface area contributed by atoms with Gasteiger partial charge < -0.3 is 14.3 Å². The van der Waals surface area contributed by atoms with E-state index in [0.717, 1.165) is 55.4 Å². The monoisotopic (exact) mass is 558 g/mol. The Bertz CT molecular complexity index is 1560. The van der Waals surface area contributed by atoms with E-state index in [1.54, 1.807) is 16.9 Å². The molecule has 10 heteroatoms. The van der Waals surface area contributed by atoms with Crippen LogP contribution in [0.25, 0.3) is 28.2 Å². The summed E-state index contributed by atoms with van der Waals surface area (Å²) in [6, 6.07) is 22.8. The minimum Gasteiger partial charge on any atom is -0.491 e. The molecule has 0 amide bonds. The third kappa shape index (κ3) is 6.18. The van der Waals surface area contributed by atoms with Gasteiger partial charge in [-0.05, 0) is 55.5 Å². The molecule has 3 aromatic carbocycles. The van der Waals surface area contributed by atoms with Crippen molar-refractivity contribution in [1.82, 2.24) is 29.8 Å². The number of piperazine rings is 1. The molecule has 9 nitrogen and oxygen atoms in total. The fraction of sp³-hybridized carbons (Fsp3) is 0.300. The van der Waals surface area contributed by atoms with E-state index in [0.29, 0.717) is 34.3 Å². The number of hydrogen-bond donors (Lipinski definition) is 1. The predicted molar refractivity (Wildman–Crippen MR) is 154 cm³/mol. The second-order valence-corrected chi connectivity index (χ2v) is 10.5.